The standard InChI is InChI=1S/C20H24N4O2/c1-13-10-14(24-8-6-23(2)7-9-24)11-17-19(13)22-20(21-17)16-5-4-15(25)12-18(16)26-3/h4-5,10-12,25H,6-9H2,1-3H3,(H,21,22). The highest BCUT2D eigenvalue weighted by atomic mass is 16.5. The first kappa shape index (κ1) is 16.7. The average Bonchev–Trinajstić information content (AvgIpc) is 3.06. The highest BCUT2D eigenvalue weighted by molar-refractivity contribution is 5.86. The zero-order valence-corrected chi connectivity index (χ0v) is 15.4. The van der Waals surface area contributed by atoms with Crippen LogP contribution in [0, 0.1) is 6.92 Å². The summed E-state index contributed by atoms with van der Waals surface area (Å²) < 4.78 is 5.40. The van der Waals surface area contributed by atoms with E-state index in [0.29, 0.717) is 5.75 Å². The van der Waals surface area contributed by atoms with Gasteiger partial charge in [-0.25, -0.2) is 4.98 Å². The third kappa shape index (κ3) is 2.97. The van der Waals surface area contributed by atoms with E-state index in [0.717, 1.165) is 54.2 Å². The van der Waals surface area contributed by atoms with Crippen LogP contribution in [0.4, 0.5) is 5.69 Å². The second kappa shape index (κ2) is 6.53. The summed E-state index contributed by atoms with van der Waals surface area (Å²) in [5.74, 6) is 1.52. The molecule has 0 spiro atoms. The van der Waals surface area contributed by atoms with Gasteiger partial charge in [0.25, 0.3) is 0 Å². The van der Waals surface area contributed by atoms with Gasteiger partial charge in [-0.3, -0.25) is 0 Å². The lowest BCUT2D eigenvalue weighted by Gasteiger charge is -2.34. The summed E-state index contributed by atoms with van der Waals surface area (Å²) in [5.41, 5.74) is 5.20. The lowest BCUT2D eigenvalue weighted by Crippen LogP contribution is -2.44. The van der Waals surface area contributed by atoms with E-state index in [-0.39, 0.29) is 5.75 Å². The summed E-state index contributed by atoms with van der Waals surface area (Å²) >= 11 is 0. The molecule has 2 aromatic carbocycles. The maximum Gasteiger partial charge on any atom is 0.142 e. The van der Waals surface area contributed by atoms with Crippen molar-refractivity contribution in [3.05, 3.63) is 35.9 Å². The van der Waals surface area contributed by atoms with E-state index < -0.39 is 0 Å². The van der Waals surface area contributed by atoms with Gasteiger partial charge in [-0.05, 0) is 43.8 Å². The largest absolute Gasteiger partial charge is 0.508 e. The monoisotopic (exact) mass is 352 g/mol. The Labute approximate surface area is 153 Å². The third-order valence-electron chi connectivity index (χ3n) is 5.07. The number of rotatable bonds is 3. The summed E-state index contributed by atoms with van der Waals surface area (Å²) in [6, 6.07) is 9.46. The van der Waals surface area contributed by atoms with Crippen molar-refractivity contribution in [2.24, 2.45) is 0 Å². The smallest absolute Gasteiger partial charge is 0.142 e. The number of fused-ring (bicyclic) bond motifs is 1. The number of ether oxygens (including phenoxy) is 1. The van der Waals surface area contributed by atoms with Gasteiger partial charge in [-0.15, -0.1) is 0 Å². The van der Waals surface area contributed by atoms with Gasteiger partial charge in [0.15, 0.2) is 0 Å². The zero-order chi connectivity index (χ0) is 18.3. The first-order valence-corrected chi connectivity index (χ1v) is 8.86. The van der Waals surface area contributed by atoms with Crippen LogP contribution in [0.3, 0.4) is 0 Å². The Hall–Kier alpha value is -2.73. The van der Waals surface area contributed by atoms with Gasteiger partial charge in [0.05, 0.1) is 23.7 Å². The van der Waals surface area contributed by atoms with E-state index in [1.54, 1.807) is 19.2 Å². The van der Waals surface area contributed by atoms with Crippen molar-refractivity contribution < 1.29 is 9.84 Å². The number of aryl methyl sites for hydroxylation is 1. The number of anilines is 1. The Morgan fingerprint density at radius 1 is 1.12 bits per heavy atom. The van der Waals surface area contributed by atoms with Crippen molar-refractivity contribution >= 4 is 16.7 Å². The minimum atomic E-state index is 0.176. The van der Waals surface area contributed by atoms with Gasteiger partial charge in [-0.2, -0.15) is 0 Å². The minimum Gasteiger partial charge on any atom is -0.508 e. The summed E-state index contributed by atoms with van der Waals surface area (Å²) in [7, 11) is 3.76. The molecule has 136 valence electrons. The molecule has 1 fully saturated rings. The normalized spacial score (nSPS) is 15.6. The fourth-order valence-corrected chi connectivity index (χ4v) is 3.52. The molecule has 0 bridgehead atoms. The highest BCUT2D eigenvalue weighted by Gasteiger charge is 2.17. The predicted octanol–water partition coefficient (Wildman–Crippen LogP) is 3.00. The Balaban J connectivity index is 1.75. The number of aromatic hydroxyl groups is 1. The van der Waals surface area contributed by atoms with Gasteiger partial charge < -0.3 is 24.6 Å². The molecule has 0 atom stereocenters. The number of hydrogen-bond acceptors (Lipinski definition) is 5. The van der Waals surface area contributed by atoms with Crippen LogP contribution in [-0.4, -0.2) is 60.3 Å². The van der Waals surface area contributed by atoms with Gasteiger partial charge in [0, 0.05) is 37.9 Å². The lowest BCUT2D eigenvalue weighted by atomic mass is 10.1. The first-order chi connectivity index (χ1) is 12.5. The van der Waals surface area contributed by atoms with Gasteiger partial charge in [-0.1, -0.05) is 0 Å². The topological polar surface area (TPSA) is 64.6 Å². The zero-order valence-electron chi connectivity index (χ0n) is 15.4. The third-order valence-corrected chi connectivity index (χ3v) is 5.07. The van der Waals surface area contributed by atoms with Crippen LogP contribution in [0.15, 0.2) is 30.3 Å². The quantitative estimate of drug-likeness (QED) is 0.759. The SMILES string of the molecule is COc1cc(O)ccc1-c1nc2c(C)cc(N3CCN(C)CC3)cc2[nH]1. The summed E-state index contributed by atoms with van der Waals surface area (Å²) in [6.07, 6.45) is 0. The number of piperazine rings is 1. The Bertz CT molecular complexity index is 942. The summed E-state index contributed by atoms with van der Waals surface area (Å²) in [5, 5.41) is 9.68. The molecule has 0 amide bonds. The molecule has 2 N–H and O–H groups in total. The molecule has 2 heterocycles. The second-order valence-electron chi connectivity index (χ2n) is 6.92. The molecular weight excluding hydrogens is 328 g/mol. The number of aromatic amines is 1. The van der Waals surface area contributed by atoms with E-state index in [2.05, 4.69) is 40.9 Å². The van der Waals surface area contributed by atoms with Gasteiger partial charge >= 0.3 is 0 Å². The first-order valence-electron chi connectivity index (χ1n) is 8.86. The maximum atomic E-state index is 9.68. The molecule has 3 aromatic rings. The number of H-pyrrole nitrogens is 1. The predicted molar refractivity (Wildman–Crippen MR) is 104 cm³/mol. The van der Waals surface area contributed by atoms with E-state index >= 15 is 0 Å². The van der Waals surface area contributed by atoms with Crippen molar-refractivity contribution in [2.45, 2.75) is 6.92 Å². The molecule has 6 heteroatoms. The second-order valence-corrected chi connectivity index (χ2v) is 6.92. The number of methoxy groups -OCH3 is 1. The van der Waals surface area contributed by atoms with E-state index in [1.165, 1.54) is 5.69 Å². The molecule has 1 aromatic heterocycles. The molecule has 1 aliphatic heterocycles. The number of imidazole rings is 1. The van der Waals surface area contributed by atoms with E-state index in [1.807, 2.05) is 6.07 Å². The number of aromatic nitrogens is 2. The van der Waals surface area contributed by atoms with Crippen LogP contribution in [0.5, 0.6) is 11.5 Å². The van der Waals surface area contributed by atoms with Crippen molar-refractivity contribution in [3.8, 4) is 22.9 Å². The number of likely N-dealkylation sites (N-methyl/N-ethyl adjacent to an activating group) is 1. The van der Waals surface area contributed by atoms with Crippen LogP contribution in [0.1, 0.15) is 5.56 Å². The van der Waals surface area contributed by atoms with Crippen LogP contribution in [0.2, 0.25) is 0 Å². The maximum absolute atomic E-state index is 9.68. The number of hydrogen-bond donors (Lipinski definition) is 2. The molecule has 0 unspecified atom stereocenters. The summed E-state index contributed by atoms with van der Waals surface area (Å²) in [4.78, 5) is 13.0. The van der Waals surface area contributed by atoms with Crippen molar-refractivity contribution in [1.29, 1.82) is 0 Å². The number of nitrogens with one attached hydrogen (secondary N) is 1. The van der Waals surface area contributed by atoms with Crippen molar-refractivity contribution in [3.63, 3.8) is 0 Å². The number of phenolic OH excluding ortho intramolecular Hbond substituents is 1. The molecule has 0 saturated carbocycles. The highest BCUT2D eigenvalue weighted by Crippen LogP contribution is 2.34. The molecule has 6 nitrogen and oxygen atoms in total. The Morgan fingerprint density at radius 2 is 1.88 bits per heavy atom. The van der Waals surface area contributed by atoms with Gasteiger partial charge in [0.2, 0.25) is 0 Å². The van der Waals surface area contributed by atoms with E-state index in [4.69, 9.17) is 9.72 Å². The lowest BCUT2D eigenvalue weighted by molar-refractivity contribution is 0.313. The number of nitrogens with zero attached hydrogens (tertiary/aromatic N) is 3. The van der Waals surface area contributed by atoms with Crippen LogP contribution >= 0.6 is 0 Å². The molecule has 1 saturated heterocycles. The summed E-state index contributed by atoms with van der Waals surface area (Å²) in [6.45, 7) is 6.33. The van der Waals surface area contributed by atoms with E-state index in [9.17, 15) is 5.11 Å². The van der Waals surface area contributed by atoms with Crippen LogP contribution in [-0.2, 0) is 0 Å². The molecule has 4 rings (SSSR count). The fourth-order valence-electron chi connectivity index (χ4n) is 3.52. The van der Waals surface area contributed by atoms with Gasteiger partial charge in [0.1, 0.15) is 17.3 Å². The molecule has 0 radical (unpaired) electrons. The van der Waals surface area contributed by atoms with Crippen LogP contribution < -0.4 is 9.64 Å². The van der Waals surface area contributed by atoms with Crippen molar-refractivity contribution in [1.82, 2.24) is 14.9 Å². The molecular formula is C20H24N4O2. The number of phenols is 1. The Morgan fingerprint density at radius 3 is 2.62 bits per heavy atom. The molecule has 1 aliphatic rings. The molecule has 26 heavy (non-hydrogen) atoms. The molecule has 0 aliphatic carbocycles. The minimum absolute atomic E-state index is 0.176. The fraction of sp³-hybridized carbons (Fsp3) is 0.350. The van der Waals surface area contributed by atoms with Crippen LogP contribution in [0.25, 0.3) is 22.4 Å². The average molecular weight is 352 g/mol. The van der Waals surface area contributed by atoms with Crippen molar-refractivity contribution in [2.75, 3.05) is 45.2 Å². The number of benzene rings is 2. The Kier molecular flexibility index (Phi) is 4.20.